The first-order valence-electron chi connectivity index (χ1n) is 5.38. The lowest BCUT2D eigenvalue weighted by molar-refractivity contribution is -0.262. The monoisotopic (exact) mass is 236 g/mol. The number of hydrogen-bond donors (Lipinski definition) is 4. The Kier molecular flexibility index (Phi) is 4.08. The van der Waals surface area contributed by atoms with Gasteiger partial charge in [0.1, 0.15) is 24.4 Å². The van der Waals surface area contributed by atoms with Crippen molar-refractivity contribution in [3.8, 4) is 0 Å². The quantitative estimate of drug-likeness (QED) is 0.434. The maximum absolute atomic E-state index is 10.9. The van der Waals surface area contributed by atoms with E-state index in [1.807, 2.05) is 0 Å². The summed E-state index contributed by atoms with van der Waals surface area (Å²) in [5.74, 6) is -0.420. The van der Waals surface area contributed by atoms with E-state index in [2.05, 4.69) is 5.32 Å². The van der Waals surface area contributed by atoms with Crippen LogP contribution in [0.3, 0.4) is 0 Å². The molecule has 0 radical (unpaired) electrons. The van der Waals surface area contributed by atoms with Crippen LogP contribution in [-0.2, 0) is 14.3 Å². The standard InChI is InChI=1S/C9H17NO6/c1-4(12)10-6-8(14)7(13)5(3-11)16-9(6)15-2/h5-9,11,13-14H,3H2,1-2H3,(H,10,12)/t5-,6-,7-,8-,9-/m1/s1/i3D/t3?,5-,6-,7-,8-,9-. The van der Waals surface area contributed by atoms with E-state index in [1.165, 1.54) is 14.0 Å². The molecule has 1 saturated heterocycles. The molecule has 1 aliphatic heterocycles. The van der Waals surface area contributed by atoms with Gasteiger partial charge in [0.15, 0.2) is 6.29 Å². The second kappa shape index (κ2) is 5.55. The molecule has 0 bridgehead atoms. The van der Waals surface area contributed by atoms with Crippen molar-refractivity contribution < 1.29 is 31.0 Å². The fourth-order valence-corrected chi connectivity index (χ4v) is 1.60. The van der Waals surface area contributed by atoms with Gasteiger partial charge in [0.2, 0.25) is 5.91 Å². The number of hydrogen-bond acceptors (Lipinski definition) is 6. The highest BCUT2D eigenvalue weighted by atomic mass is 16.7. The van der Waals surface area contributed by atoms with Crippen molar-refractivity contribution in [1.82, 2.24) is 5.32 Å². The van der Waals surface area contributed by atoms with Crippen LogP contribution in [0.4, 0.5) is 0 Å². The first-order valence-corrected chi connectivity index (χ1v) is 4.80. The molecule has 16 heavy (non-hydrogen) atoms. The zero-order valence-corrected chi connectivity index (χ0v) is 9.03. The van der Waals surface area contributed by atoms with Crippen molar-refractivity contribution in [2.45, 2.75) is 37.6 Å². The zero-order chi connectivity index (χ0) is 13.2. The molecule has 0 aromatic carbocycles. The molecule has 1 fully saturated rings. The summed E-state index contributed by atoms with van der Waals surface area (Å²) in [7, 11) is 1.29. The molecule has 1 heterocycles. The molecule has 7 heteroatoms. The number of carbonyl (C=O) groups is 1. The highest BCUT2D eigenvalue weighted by Crippen LogP contribution is 2.21. The molecule has 1 aliphatic rings. The van der Waals surface area contributed by atoms with Crippen LogP contribution in [0.5, 0.6) is 0 Å². The lowest BCUT2D eigenvalue weighted by Gasteiger charge is -2.41. The van der Waals surface area contributed by atoms with Crippen molar-refractivity contribution in [2.75, 3.05) is 13.7 Å². The number of aliphatic hydroxyl groups excluding tert-OH is 3. The number of aliphatic hydroxyl groups is 3. The van der Waals surface area contributed by atoms with Crippen molar-refractivity contribution in [2.24, 2.45) is 0 Å². The molecule has 1 rings (SSSR count). The molecule has 0 aromatic rings. The smallest absolute Gasteiger partial charge is 0.217 e. The largest absolute Gasteiger partial charge is 0.394 e. The fourth-order valence-electron chi connectivity index (χ4n) is 1.60. The summed E-state index contributed by atoms with van der Waals surface area (Å²) in [4.78, 5) is 10.9. The first kappa shape index (κ1) is 11.7. The molecule has 0 saturated carbocycles. The highest BCUT2D eigenvalue weighted by Gasteiger charge is 2.44. The van der Waals surface area contributed by atoms with Gasteiger partial charge >= 0.3 is 0 Å². The van der Waals surface area contributed by atoms with Gasteiger partial charge in [-0.1, -0.05) is 0 Å². The summed E-state index contributed by atoms with van der Waals surface area (Å²) in [5.41, 5.74) is 0. The Balaban J connectivity index is 2.83. The highest BCUT2D eigenvalue weighted by molar-refractivity contribution is 5.73. The van der Waals surface area contributed by atoms with E-state index in [0.29, 0.717) is 0 Å². The summed E-state index contributed by atoms with van der Waals surface area (Å²) >= 11 is 0. The van der Waals surface area contributed by atoms with E-state index in [9.17, 15) is 15.0 Å². The van der Waals surface area contributed by atoms with Crippen LogP contribution >= 0.6 is 0 Å². The number of rotatable bonds is 3. The topological polar surface area (TPSA) is 108 Å². The van der Waals surface area contributed by atoms with Crippen LogP contribution in [0, 0.1) is 0 Å². The van der Waals surface area contributed by atoms with Crippen molar-refractivity contribution in [3.63, 3.8) is 0 Å². The van der Waals surface area contributed by atoms with E-state index >= 15 is 0 Å². The number of carbonyl (C=O) groups excluding carboxylic acids is 1. The normalized spacial score (nSPS) is 42.3. The van der Waals surface area contributed by atoms with Crippen LogP contribution in [0.25, 0.3) is 0 Å². The molecular formula is C9H17NO6. The van der Waals surface area contributed by atoms with E-state index < -0.39 is 43.1 Å². The second-order valence-electron chi connectivity index (χ2n) is 3.56. The zero-order valence-electron chi connectivity index (χ0n) is 10.0. The minimum atomic E-state index is -1.71. The predicted octanol–water partition coefficient (Wildman–Crippen LogP) is -2.42. The molecule has 0 aliphatic carbocycles. The van der Waals surface area contributed by atoms with Crippen LogP contribution in [-0.4, -0.2) is 65.6 Å². The van der Waals surface area contributed by atoms with Gasteiger partial charge in [-0.15, -0.1) is 0 Å². The minimum absolute atomic E-state index is 0.420. The maximum Gasteiger partial charge on any atom is 0.217 e. The Morgan fingerprint density at radius 2 is 2.19 bits per heavy atom. The minimum Gasteiger partial charge on any atom is -0.394 e. The SMILES string of the molecule is [2H]C(O)[C@H]1O[C@@H](OC)[C@H](NC(C)=O)[C@@H](O)[C@@H]1O. The third kappa shape index (κ3) is 2.69. The van der Waals surface area contributed by atoms with Gasteiger partial charge in [0.25, 0.3) is 0 Å². The van der Waals surface area contributed by atoms with E-state index in [4.69, 9.17) is 16.0 Å². The van der Waals surface area contributed by atoms with Crippen LogP contribution in [0.1, 0.15) is 8.29 Å². The third-order valence-electron chi connectivity index (χ3n) is 2.39. The van der Waals surface area contributed by atoms with Gasteiger partial charge in [-0.3, -0.25) is 4.79 Å². The van der Waals surface area contributed by atoms with Gasteiger partial charge < -0.3 is 30.1 Å². The first-order chi connectivity index (χ1) is 7.88. The Morgan fingerprint density at radius 1 is 1.56 bits per heavy atom. The van der Waals surface area contributed by atoms with Crippen LogP contribution < -0.4 is 5.32 Å². The Hall–Kier alpha value is -0.730. The molecule has 0 spiro atoms. The molecule has 0 aromatic heterocycles. The average Bonchev–Trinajstić information content (AvgIpc) is 2.24. The third-order valence-corrected chi connectivity index (χ3v) is 2.39. The van der Waals surface area contributed by atoms with Crippen molar-refractivity contribution >= 4 is 5.91 Å². The fraction of sp³-hybridized carbons (Fsp3) is 0.889. The van der Waals surface area contributed by atoms with Crippen LogP contribution in [0.15, 0.2) is 0 Å². The average molecular weight is 236 g/mol. The second-order valence-corrected chi connectivity index (χ2v) is 3.56. The molecule has 6 atom stereocenters. The molecule has 1 unspecified atom stereocenters. The van der Waals surface area contributed by atoms with Gasteiger partial charge in [0.05, 0.1) is 7.95 Å². The van der Waals surface area contributed by atoms with Gasteiger partial charge in [-0.2, -0.15) is 0 Å². The number of amides is 1. The van der Waals surface area contributed by atoms with E-state index in [-0.39, 0.29) is 0 Å². The summed E-state index contributed by atoms with van der Waals surface area (Å²) < 4.78 is 17.1. The summed E-state index contributed by atoms with van der Waals surface area (Å²) in [6.45, 7) is -0.465. The predicted molar refractivity (Wildman–Crippen MR) is 52.4 cm³/mol. The van der Waals surface area contributed by atoms with Crippen molar-refractivity contribution in [1.29, 1.82) is 0 Å². The van der Waals surface area contributed by atoms with E-state index in [0.717, 1.165) is 0 Å². The summed E-state index contributed by atoms with van der Waals surface area (Å²) in [6, 6.07) is -0.956. The maximum atomic E-state index is 10.9. The van der Waals surface area contributed by atoms with E-state index in [1.54, 1.807) is 0 Å². The molecule has 7 nitrogen and oxygen atoms in total. The van der Waals surface area contributed by atoms with Gasteiger partial charge in [-0.25, -0.2) is 0 Å². The Bertz CT molecular complexity index is 274. The molecule has 4 N–H and O–H groups in total. The summed E-state index contributed by atoms with van der Waals surface area (Å²) in [5, 5.41) is 30.9. The van der Waals surface area contributed by atoms with Crippen LogP contribution in [0.2, 0.25) is 0 Å². The summed E-state index contributed by atoms with van der Waals surface area (Å²) in [6.07, 6.45) is -5.20. The van der Waals surface area contributed by atoms with Crippen molar-refractivity contribution in [3.05, 3.63) is 0 Å². The number of methoxy groups -OCH3 is 1. The Morgan fingerprint density at radius 3 is 2.62 bits per heavy atom. The Labute approximate surface area is 94.4 Å². The molecule has 94 valence electrons. The number of nitrogens with one attached hydrogen (secondary N) is 1. The van der Waals surface area contributed by atoms with Gasteiger partial charge in [-0.05, 0) is 0 Å². The lowest BCUT2D eigenvalue weighted by Crippen LogP contribution is -2.64. The lowest BCUT2D eigenvalue weighted by atomic mass is 9.97. The van der Waals surface area contributed by atoms with Gasteiger partial charge in [0, 0.05) is 14.0 Å². The number of ether oxygens (including phenoxy) is 2. The molecule has 1 amide bonds. The molecular weight excluding hydrogens is 218 g/mol.